The monoisotopic (exact) mass is 347 g/mol. The summed E-state index contributed by atoms with van der Waals surface area (Å²) in [4.78, 5) is 12.2. The molecule has 0 bridgehead atoms. The zero-order valence-electron chi connectivity index (χ0n) is 14.0. The summed E-state index contributed by atoms with van der Waals surface area (Å²) in [6.07, 6.45) is 10.6. The lowest BCUT2D eigenvalue weighted by molar-refractivity contribution is -0.113. The van der Waals surface area contributed by atoms with E-state index in [0.29, 0.717) is 11.0 Å². The van der Waals surface area contributed by atoms with Crippen molar-refractivity contribution in [3.8, 4) is 11.5 Å². The van der Waals surface area contributed by atoms with Crippen LogP contribution in [-0.2, 0) is 4.79 Å². The van der Waals surface area contributed by atoms with Crippen LogP contribution in [0.3, 0.4) is 0 Å². The second kappa shape index (κ2) is 6.87. The smallest absolute Gasteiger partial charge is 0.251 e. The van der Waals surface area contributed by atoms with E-state index in [9.17, 15) is 4.79 Å². The van der Waals surface area contributed by atoms with Crippen molar-refractivity contribution < 1.29 is 14.3 Å². The molecule has 0 atom stereocenters. The number of fused-ring (bicyclic) bond motifs is 1. The van der Waals surface area contributed by atoms with Crippen LogP contribution < -0.4 is 14.8 Å². The molecule has 1 aromatic rings. The van der Waals surface area contributed by atoms with Crippen molar-refractivity contribution in [3.05, 3.63) is 18.2 Å². The molecular formula is C19H25NO3S. The molecule has 3 aliphatic rings. The number of anilines is 1. The van der Waals surface area contributed by atoms with E-state index in [1.165, 1.54) is 32.1 Å². The van der Waals surface area contributed by atoms with E-state index in [1.807, 2.05) is 18.2 Å². The van der Waals surface area contributed by atoms with Crippen molar-refractivity contribution in [2.75, 3.05) is 11.1 Å². The first-order valence-corrected chi connectivity index (χ1v) is 10.2. The van der Waals surface area contributed by atoms with Gasteiger partial charge in [0.2, 0.25) is 5.91 Å². The van der Waals surface area contributed by atoms with Gasteiger partial charge in [0, 0.05) is 29.8 Å². The molecule has 1 amide bonds. The third-order valence-corrected chi connectivity index (χ3v) is 6.56. The first-order valence-electron chi connectivity index (χ1n) is 9.16. The lowest BCUT2D eigenvalue weighted by atomic mass is 9.94. The quantitative estimate of drug-likeness (QED) is 0.855. The summed E-state index contributed by atoms with van der Waals surface area (Å²) in [7, 11) is 0. The fourth-order valence-electron chi connectivity index (χ4n) is 3.91. The van der Waals surface area contributed by atoms with Crippen molar-refractivity contribution in [1.29, 1.82) is 0 Å². The Bertz CT molecular complexity index is 607. The Morgan fingerprint density at radius 2 is 1.83 bits per heavy atom. The third-order valence-electron chi connectivity index (χ3n) is 5.19. The summed E-state index contributed by atoms with van der Waals surface area (Å²) in [6.45, 7) is 0. The van der Waals surface area contributed by atoms with E-state index in [-0.39, 0.29) is 5.91 Å². The molecule has 0 saturated heterocycles. The Kier molecular flexibility index (Phi) is 4.61. The van der Waals surface area contributed by atoms with Gasteiger partial charge in [-0.25, -0.2) is 0 Å². The van der Waals surface area contributed by atoms with Gasteiger partial charge in [0.15, 0.2) is 11.5 Å². The number of hydrogen-bond donors (Lipinski definition) is 1. The molecule has 0 aromatic heterocycles. The van der Waals surface area contributed by atoms with Gasteiger partial charge in [0.05, 0.1) is 5.75 Å². The Morgan fingerprint density at radius 1 is 1.08 bits per heavy atom. The molecule has 4 nitrogen and oxygen atoms in total. The molecule has 130 valence electrons. The molecule has 5 heteroatoms. The van der Waals surface area contributed by atoms with Crippen LogP contribution in [0.1, 0.15) is 57.8 Å². The number of carbonyl (C=O) groups is 1. The van der Waals surface area contributed by atoms with Crippen molar-refractivity contribution in [2.24, 2.45) is 0 Å². The molecule has 0 radical (unpaired) electrons. The van der Waals surface area contributed by atoms with Gasteiger partial charge in [-0.3, -0.25) is 4.79 Å². The van der Waals surface area contributed by atoms with Crippen molar-refractivity contribution in [2.45, 2.75) is 68.8 Å². The van der Waals surface area contributed by atoms with E-state index in [4.69, 9.17) is 9.47 Å². The van der Waals surface area contributed by atoms with Gasteiger partial charge in [-0.05, 0) is 37.8 Å². The molecule has 2 fully saturated rings. The topological polar surface area (TPSA) is 47.6 Å². The van der Waals surface area contributed by atoms with Crippen LogP contribution in [-0.4, -0.2) is 22.7 Å². The van der Waals surface area contributed by atoms with Gasteiger partial charge in [0.1, 0.15) is 0 Å². The average molecular weight is 347 g/mol. The lowest BCUT2D eigenvalue weighted by Crippen LogP contribution is -2.40. The molecule has 1 aromatic carbocycles. The van der Waals surface area contributed by atoms with Crippen molar-refractivity contribution in [3.63, 3.8) is 0 Å². The second-order valence-corrected chi connectivity index (χ2v) is 8.39. The SMILES string of the molecule is O=C(CSC1CCCC1)Nc1ccc2c(c1)OC1(CCCCC1)O2. The van der Waals surface area contributed by atoms with E-state index in [1.54, 1.807) is 11.8 Å². The first kappa shape index (κ1) is 16.1. The maximum absolute atomic E-state index is 12.2. The largest absolute Gasteiger partial charge is 0.448 e. The number of nitrogens with one attached hydrogen (secondary N) is 1. The maximum atomic E-state index is 12.2. The summed E-state index contributed by atoms with van der Waals surface area (Å²) < 4.78 is 12.2. The van der Waals surface area contributed by atoms with Crippen LogP contribution in [0, 0.1) is 0 Å². The van der Waals surface area contributed by atoms with Crippen LogP contribution >= 0.6 is 11.8 Å². The summed E-state index contributed by atoms with van der Waals surface area (Å²) >= 11 is 1.79. The van der Waals surface area contributed by atoms with E-state index < -0.39 is 5.79 Å². The molecule has 1 aliphatic heterocycles. The Morgan fingerprint density at radius 3 is 2.62 bits per heavy atom. The molecule has 0 unspecified atom stereocenters. The predicted octanol–water partition coefficient (Wildman–Crippen LogP) is 4.73. The maximum Gasteiger partial charge on any atom is 0.251 e. The Hall–Kier alpha value is -1.36. The highest BCUT2D eigenvalue weighted by atomic mass is 32.2. The summed E-state index contributed by atoms with van der Waals surface area (Å²) in [5, 5.41) is 3.66. The fraction of sp³-hybridized carbons (Fsp3) is 0.632. The normalized spacial score (nSPS) is 22.0. The molecule has 4 rings (SSSR count). The van der Waals surface area contributed by atoms with E-state index in [0.717, 1.165) is 42.9 Å². The number of amides is 1. The highest BCUT2D eigenvalue weighted by molar-refractivity contribution is 8.00. The van der Waals surface area contributed by atoms with Crippen LogP contribution in [0.5, 0.6) is 11.5 Å². The summed E-state index contributed by atoms with van der Waals surface area (Å²) in [5.41, 5.74) is 0.794. The molecule has 1 N–H and O–H groups in total. The van der Waals surface area contributed by atoms with E-state index in [2.05, 4.69) is 5.32 Å². The van der Waals surface area contributed by atoms with Crippen LogP contribution in [0.25, 0.3) is 0 Å². The second-order valence-electron chi connectivity index (χ2n) is 7.10. The van der Waals surface area contributed by atoms with Crippen LogP contribution in [0.2, 0.25) is 0 Å². The van der Waals surface area contributed by atoms with Gasteiger partial charge in [-0.2, -0.15) is 0 Å². The highest BCUT2D eigenvalue weighted by Crippen LogP contribution is 2.46. The molecule has 2 saturated carbocycles. The van der Waals surface area contributed by atoms with Crippen molar-refractivity contribution >= 4 is 23.4 Å². The molecular weight excluding hydrogens is 322 g/mol. The van der Waals surface area contributed by atoms with Gasteiger partial charge < -0.3 is 14.8 Å². The number of thioether (sulfide) groups is 1. The first-order chi connectivity index (χ1) is 11.7. The minimum atomic E-state index is -0.457. The van der Waals surface area contributed by atoms with E-state index >= 15 is 0 Å². The predicted molar refractivity (Wildman–Crippen MR) is 96.9 cm³/mol. The zero-order valence-corrected chi connectivity index (χ0v) is 14.8. The van der Waals surface area contributed by atoms with Gasteiger partial charge in [-0.15, -0.1) is 11.8 Å². The van der Waals surface area contributed by atoms with Gasteiger partial charge >= 0.3 is 0 Å². The number of hydrogen-bond acceptors (Lipinski definition) is 4. The number of carbonyl (C=O) groups excluding carboxylic acids is 1. The number of ether oxygens (including phenoxy) is 2. The van der Waals surface area contributed by atoms with Crippen LogP contribution in [0.15, 0.2) is 18.2 Å². The Balaban J connectivity index is 1.34. The Labute approximate surface area is 147 Å². The van der Waals surface area contributed by atoms with Crippen LogP contribution in [0.4, 0.5) is 5.69 Å². The summed E-state index contributed by atoms with van der Waals surface area (Å²) in [5.74, 6) is 1.71. The van der Waals surface area contributed by atoms with Gasteiger partial charge in [0.25, 0.3) is 5.79 Å². The lowest BCUT2D eigenvalue weighted by Gasteiger charge is -2.31. The standard InChI is InChI=1S/C19H25NO3S/c21-18(13-24-15-6-2-3-7-15)20-14-8-9-16-17(12-14)23-19(22-16)10-4-1-5-11-19/h8-9,12,15H,1-7,10-11,13H2,(H,20,21). The molecule has 1 spiro atoms. The number of rotatable bonds is 4. The minimum absolute atomic E-state index is 0.0677. The third kappa shape index (κ3) is 3.51. The fourth-order valence-corrected chi connectivity index (χ4v) is 5.04. The summed E-state index contributed by atoms with van der Waals surface area (Å²) in [6, 6.07) is 5.72. The van der Waals surface area contributed by atoms with Crippen molar-refractivity contribution in [1.82, 2.24) is 0 Å². The molecule has 1 heterocycles. The minimum Gasteiger partial charge on any atom is -0.448 e. The molecule has 24 heavy (non-hydrogen) atoms. The average Bonchev–Trinajstić information content (AvgIpc) is 3.20. The zero-order chi connectivity index (χ0) is 16.4. The number of benzene rings is 1. The molecule has 2 aliphatic carbocycles. The van der Waals surface area contributed by atoms with Gasteiger partial charge in [-0.1, -0.05) is 19.3 Å². The highest BCUT2D eigenvalue weighted by Gasteiger charge is 2.42.